The lowest BCUT2D eigenvalue weighted by Gasteiger charge is -2.13. The number of hydrogen-bond acceptors (Lipinski definition) is 6. The summed E-state index contributed by atoms with van der Waals surface area (Å²) in [6, 6.07) is 0. The highest BCUT2D eigenvalue weighted by molar-refractivity contribution is 9.10. The zero-order valence-corrected chi connectivity index (χ0v) is 12.9. The van der Waals surface area contributed by atoms with Crippen LogP contribution in [0.2, 0.25) is 0 Å². The van der Waals surface area contributed by atoms with Crippen LogP contribution < -0.4 is 16.6 Å². The molecule has 0 bridgehead atoms. The van der Waals surface area contributed by atoms with E-state index < -0.39 is 12.0 Å². The molecule has 9 heteroatoms. The molecule has 1 heterocycles. The molecule has 0 spiro atoms. The zero-order valence-electron chi connectivity index (χ0n) is 11.3. The van der Waals surface area contributed by atoms with Gasteiger partial charge in [0.25, 0.3) is 5.56 Å². The quantitative estimate of drug-likeness (QED) is 0.572. The van der Waals surface area contributed by atoms with E-state index in [0.717, 1.165) is 0 Å². The van der Waals surface area contributed by atoms with E-state index in [-0.39, 0.29) is 12.1 Å². The number of aliphatic hydroxyl groups excluding tert-OH is 1. The first kappa shape index (κ1) is 16.6. The minimum atomic E-state index is -1.32. The number of halogens is 1. The monoisotopic (exact) mass is 347 g/mol. The molecule has 4 N–H and O–H groups in total. The van der Waals surface area contributed by atoms with Gasteiger partial charge in [0.05, 0.1) is 18.4 Å². The number of nitrogens with one attached hydrogen (secondary N) is 1. The number of carbonyl (C=O) groups excluding carboxylic acids is 1. The molecule has 8 nitrogen and oxygen atoms in total. The Labute approximate surface area is 124 Å². The second-order valence-electron chi connectivity index (χ2n) is 4.50. The number of rotatable bonds is 7. The number of aliphatic hydroxyl groups is 1. The average Bonchev–Trinajstić information content (AvgIpc) is 2.38. The number of amides is 1. The minimum Gasteiger partial charge on any atom is -0.381 e. The molecule has 112 valence electrons. The summed E-state index contributed by atoms with van der Waals surface area (Å²) in [5, 5.41) is 16.1. The summed E-state index contributed by atoms with van der Waals surface area (Å²) >= 11 is 3.18. The summed E-state index contributed by atoms with van der Waals surface area (Å²) in [7, 11) is 3.81. The van der Waals surface area contributed by atoms with Crippen molar-refractivity contribution in [3.8, 4) is 0 Å². The van der Waals surface area contributed by atoms with Crippen LogP contribution in [0, 0.1) is 0 Å². The lowest BCUT2D eigenvalue weighted by Crippen LogP contribution is -2.35. The van der Waals surface area contributed by atoms with Crippen molar-refractivity contribution >= 4 is 27.5 Å². The molecule has 1 aromatic rings. The van der Waals surface area contributed by atoms with E-state index in [1.165, 1.54) is 10.9 Å². The van der Waals surface area contributed by atoms with Crippen molar-refractivity contribution in [2.45, 2.75) is 12.6 Å². The Morgan fingerprint density at radius 3 is 2.85 bits per heavy atom. The van der Waals surface area contributed by atoms with Crippen molar-refractivity contribution in [3.05, 3.63) is 21.0 Å². The van der Waals surface area contributed by atoms with Gasteiger partial charge in [-0.3, -0.25) is 9.59 Å². The Bertz CT molecular complexity index is 531. The largest absolute Gasteiger partial charge is 0.381 e. The van der Waals surface area contributed by atoms with Gasteiger partial charge < -0.3 is 21.1 Å². The third-order valence-electron chi connectivity index (χ3n) is 2.56. The lowest BCUT2D eigenvalue weighted by molar-refractivity contribution is -0.125. The van der Waals surface area contributed by atoms with Gasteiger partial charge in [0, 0.05) is 13.1 Å². The van der Waals surface area contributed by atoms with Gasteiger partial charge in [-0.05, 0) is 30.0 Å². The Kier molecular flexibility index (Phi) is 6.11. The molecule has 0 fully saturated rings. The molecule has 1 amide bonds. The number of likely N-dealkylation sites (N-methyl/N-ethyl adjacent to an activating group) is 1. The summed E-state index contributed by atoms with van der Waals surface area (Å²) in [5.74, 6) is -0.832. The maximum absolute atomic E-state index is 12.0. The van der Waals surface area contributed by atoms with E-state index in [1.807, 2.05) is 19.0 Å². The number of aromatic nitrogens is 2. The van der Waals surface area contributed by atoms with Gasteiger partial charge in [-0.25, -0.2) is 4.68 Å². The van der Waals surface area contributed by atoms with Crippen molar-refractivity contribution in [2.75, 3.05) is 32.5 Å². The molecule has 1 rings (SSSR count). The van der Waals surface area contributed by atoms with E-state index in [0.29, 0.717) is 23.2 Å². The van der Waals surface area contributed by atoms with E-state index in [2.05, 4.69) is 26.3 Å². The van der Waals surface area contributed by atoms with E-state index in [9.17, 15) is 14.7 Å². The zero-order chi connectivity index (χ0) is 15.3. The lowest BCUT2D eigenvalue weighted by atomic mass is 10.3. The SMILES string of the molecule is CN(C)CCn1ncc(NCC(O)C(N)=O)c(Br)c1=O. The van der Waals surface area contributed by atoms with Crippen LogP contribution in [-0.2, 0) is 11.3 Å². The van der Waals surface area contributed by atoms with Crippen LogP contribution in [-0.4, -0.2) is 59.0 Å². The van der Waals surface area contributed by atoms with E-state index >= 15 is 0 Å². The minimum absolute atomic E-state index is 0.0865. The van der Waals surface area contributed by atoms with Crippen LogP contribution in [0.15, 0.2) is 15.5 Å². The second kappa shape index (κ2) is 7.36. The highest BCUT2D eigenvalue weighted by atomic mass is 79.9. The van der Waals surface area contributed by atoms with Gasteiger partial charge in [-0.1, -0.05) is 0 Å². The number of nitrogens with two attached hydrogens (primary N) is 1. The first-order valence-corrected chi connectivity index (χ1v) is 6.73. The predicted octanol–water partition coefficient (Wildman–Crippen LogP) is -1.17. The molecule has 0 saturated heterocycles. The Hall–Kier alpha value is -1.45. The van der Waals surface area contributed by atoms with Gasteiger partial charge in [0.2, 0.25) is 5.91 Å². The predicted molar refractivity (Wildman–Crippen MR) is 78.4 cm³/mol. The standard InChI is InChI=1S/C11H18BrN5O3/c1-16(2)3-4-17-11(20)9(12)7(5-15-17)14-6-8(18)10(13)19/h5,8,14,18H,3-4,6H2,1-2H3,(H2,13,19). The molecule has 0 saturated carbocycles. The number of carbonyl (C=O) groups is 1. The molecule has 0 aliphatic carbocycles. The summed E-state index contributed by atoms with van der Waals surface area (Å²) in [6.45, 7) is 1.07. The van der Waals surface area contributed by atoms with Crippen LogP contribution in [0.5, 0.6) is 0 Å². The smallest absolute Gasteiger partial charge is 0.283 e. The van der Waals surface area contributed by atoms with E-state index in [1.54, 1.807) is 0 Å². The van der Waals surface area contributed by atoms with Crippen molar-refractivity contribution < 1.29 is 9.90 Å². The normalized spacial score (nSPS) is 12.4. The number of primary amides is 1. The van der Waals surface area contributed by atoms with Crippen molar-refractivity contribution in [3.63, 3.8) is 0 Å². The first-order valence-electron chi connectivity index (χ1n) is 5.94. The fraction of sp³-hybridized carbons (Fsp3) is 0.545. The second-order valence-corrected chi connectivity index (χ2v) is 5.30. The fourth-order valence-corrected chi connectivity index (χ4v) is 1.80. The van der Waals surface area contributed by atoms with Crippen molar-refractivity contribution in [2.24, 2.45) is 5.73 Å². The average molecular weight is 348 g/mol. The van der Waals surface area contributed by atoms with Crippen LogP contribution in [0.3, 0.4) is 0 Å². The molecule has 0 aliphatic rings. The highest BCUT2D eigenvalue weighted by Gasteiger charge is 2.13. The van der Waals surface area contributed by atoms with Crippen molar-refractivity contribution in [1.82, 2.24) is 14.7 Å². The summed E-state index contributed by atoms with van der Waals surface area (Å²) < 4.78 is 1.63. The van der Waals surface area contributed by atoms with Crippen LogP contribution in [0.1, 0.15) is 0 Å². The molecule has 1 atom stereocenters. The van der Waals surface area contributed by atoms with Gasteiger partial charge in [-0.2, -0.15) is 5.10 Å². The maximum Gasteiger partial charge on any atom is 0.283 e. The molecule has 0 radical (unpaired) electrons. The van der Waals surface area contributed by atoms with Gasteiger partial charge >= 0.3 is 0 Å². The Morgan fingerprint density at radius 2 is 2.30 bits per heavy atom. The van der Waals surface area contributed by atoms with E-state index in [4.69, 9.17) is 5.73 Å². The summed E-state index contributed by atoms with van der Waals surface area (Å²) in [5.41, 5.74) is 5.05. The molecule has 1 aromatic heterocycles. The van der Waals surface area contributed by atoms with Gasteiger partial charge in [-0.15, -0.1) is 0 Å². The first-order chi connectivity index (χ1) is 9.32. The van der Waals surface area contributed by atoms with Crippen LogP contribution in [0.25, 0.3) is 0 Å². The summed E-state index contributed by atoms with van der Waals surface area (Å²) in [4.78, 5) is 24.7. The number of nitrogens with zero attached hydrogens (tertiary/aromatic N) is 3. The molecular weight excluding hydrogens is 330 g/mol. The Balaban J connectivity index is 2.78. The molecule has 0 aromatic carbocycles. The third-order valence-corrected chi connectivity index (χ3v) is 3.32. The number of hydrogen-bond donors (Lipinski definition) is 3. The van der Waals surface area contributed by atoms with Gasteiger partial charge in [0.1, 0.15) is 10.6 Å². The molecular formula is C11H18BrN5O3. The fourth-order valence-electron chi connectivity index (χ4n) is 1.35. The topological polar surface area (TPSA) is 113 Å². The Morgan fingerprint density at radius 1 is 1.65 bits per heavy atom. The molecule has 20 heavy (non-hydrogen) atoms. The molecule has 1 unspecified atom stereocenters. The van der Waals surface area contributed by atoms with Crippen molar-refractivity contribution in [1.29, 1.82) is 0 Å². The number of anilines is 1. The van der Waals surface area contributed by atoms with Crippen LogP contribution >= 0.6 is 15.9 Å². The van der Waals surface area contributed by atoms with Crippen LogP contribution in [0.4, 0.5) is 5.69 Å². The summed E-state index contributed by atoms with van der Waals surface area (Å²) in [6.07, 6.45) is 0.132. The third kappa shape index (κ3) is 4.58. The maximum atomic E-state index is 12.0. The molecule has 0 aliphatic heterocycles. The van der Waals surface area contributed by atoms with Gasteiger partial charge in [0.15, 0.2) is 0 Å². The highest BCUT2D eigenvalue weighted by Crippen LogP contribution is 2.15.